The minimum Gasteiger partial charge on any atom is -0.349 e. The Morgan fingerprint density at radius 1 is 1.02 bits per heavy atom. The lowest BCUT2D eigenvalue weighted by Gasteiger charge is -2.41. The van der Waals surface area contributed by atoms with Crippen molar-refractivity contribution in [3.63, 3.8) is 0 Å². The van der Waals surface area contributed by atoms with Gasteiger partial charge in [-0.05, 0) is 53.9 Å². The van der Waals surface area contributed by atoms with E-state index in [0.29, 0.717) is 17.7 Å². The van der Waals surface area contributed by atoms with Crippen LogP contribution in [0.4, 0.5) is 30.7 Å². The van der Waals surface area contributed by atoms with Crippen molar-refractivity contribution in [3.05, 3.63) is 123 Å². The second-order valence-corrected chi connectivity index (χ2v) is 11.7. The van der Waals surface area contributed by atoms with E-state index in [1.165, 1.54) is 31.2 Å². The second kappa shape index (κ2) is 14.2. The molecule has 0 spiro atoms. The van der Waals surface area contributed by atoms with E-state index in [4.69, 9.17) is 14.0 Å². The average molecular weight is 689 g/mol. The van der Waals surface area contributed by atoms with Gasteiger partial charge < -0.3 is 18.9 Å². The highest BCUT2D eigenvalue weighted by atomic mass is 31.2. The third-order valence-corrected chi connectivity index (χ3v) is 8.25. The first-order chi connectivity index (χ1) is 22.2. The van der Waals surface area contributed by atoms with Crippen LogP contribution in [-0.4, -0.2) is 43.8 Å². The zero-order chi connectivity index (χ0) is 33.9. The van der Waals surface area contributed by atoms with Gasteiger partial charge in [0, 0.05) is 6.54 Å². The molecule has 0 bridgehead atoms. The number of aromatic amines is 1. The molecular weight excluding hydrogens is 660 g/mol. The van der Waals surface area contributed by atoms with Gasteiger partial charge in [-0.15, -0.1) is 9.55 Å². The number of hydrogen-bond donors (Lipinski definition) is 2. The smallest absolute Gasteiger partial charge is 0.349 e. The SMILES string of the molecule is C[C@@H](O[C@H]1OCCN(Cc2nn(P(O)OCc3ccccc3)c(=O)[nH]2)[C@H]1c1ccc(F)cc1)c1cc(C(F)(F)F)cc(C(F)(F)F)c1. The summed E-state index contributed by atoms with van der Waals surface area (Å²) in [5.74, 6) is -0.449. The number of ether oxygens (including phenoxy) is 2. The molecule has 4 aromatic rings. The first-order valence-electron chi connectivity index (χ1n) is 14.1. The lowest BCUT2D eigenvalue weighted by Crippen LogP contribution is -2.46. The van der Waals surface area contributed by atoms with E-state index in [2.05, 4.69) is 10.1 Å². The Balaban J connectivity index is 1.39. The fraction of sp³-hybridized carbons (Fsp3) is 0.333. The van der Waals surface area contributed by atoms with Crippen molar-refractivity contribution < 1.29 is 49.6 Å². The summed E-state index contributed by atoms with van der Waals surface area (Å²) >= 11 is 0. The van der Waals surface area contributed by atoms with Gasteiger partial charge in [0.25, 0.3) is 0 Å². The standard InChI is InChI=1S/C30H28F7N4O5P/c1-18(21-13-22(29(32,33)34)15-23(14-21)30(35,36)37)46-27-26(20-7-9-24(31)10-8-20)40(11-12-44-27)16-25-38-28(42)41(39-25)47(43)45-17-19-5-3-2-4-6-19/h2-10,13-15,18,26-27,43H,11-12,16-17H2,1H3,(H,38,39,42)/t18-,26+,27-,47?/m1/s1. The van der Waals surface area contributed by atoms with Gasteiger partial charge in [-0.3, -0.25) is 9.88 Å². The topological polar surface area (TPSA) is 102 Å². The van der Waals surface area contributed by atoms with Crippen LogP contribution in [0, 0.1) is 5.82 Å². The summed E-state index contributed by atoms with van der Waals surface area (Å²) in [6, 6.07) is 14.5. The normalized spacial score (nSPS) is 19.1. The molecule has 1 unspecified atom stereocenters. The van der Waals surface area contributed by atoms with Gasteiger partial charge in [0.2, 0.25) is 0 Å². The minimum atomic E-state index is -5.05. The number of rotatable bonds is 10. The van der Waals surface area contributed by atoms with Crippen molar-refractivity contribution in [2.45, 2.75) is 50.9 Å². The number of benzene rings is 3. The third kappa shape index (κ3) is 8.63. The highest BCUT2D eigenvalue weighted by Gasteiger charge is 2.39. The predicted molar refractivity (Wildman–Crippen MR) is 154 cm³/mol. The highest BCUT2D eigenvalue weighted by molar-refractivity contribution is 7.44. The Labute approximate surface area is 264 Å². The first kappa shape index (κ1) is 34.7. The quantitative estimate of drug-likeness (QED) is 0.141. The van der Waals surface area contributed by atoms with Gasteiger partial charge >= 0.3 is 26.6 Å². The maximum Gasteiger partial charge on any atom is 0.416 e. The van der Waals surface area contributed by atoms with Gasteiger partial charge in [-0.2, -0.15) is 26.3 Å². The Morgan fingerprint density at radius 3 is 2.28 bits per heavy atom. The molecule has 47 heavy (non-hydrogen) atoms. The molecular formula is C30H28F7N4O5P. The molecule has 1 aliphatic rings. The number of aromatic nitrogens is 3. The highest BCUT2D eigenvalue weighted by Crippen LogP contribution is 2.40. The fourth-order valence-electron chi connectivity index (χ4n) is 5.00. The number of halogens is 7. The summed E-state index contributed by atoms with van der Waals surface area (Å²) < 4.78 is 113. The van der Waals surface area contributed by atoms with Gasteiger partial charge in [0.15, 0.2) is 6.29 Å². The molecule has 5 rings (SSSR count). The minimum absolute atomic E-state index is 0.0152. The first-order valence-corrected chi connectivity index (χ1v) is 15.3. The van der Waals surface area contributed by atoms with Crippen LogP contribution in [0.5, 0.6) is 0 Å². The Bertz CT molecular complexity index is 1670. The van der Waals surface area contributed by atoms with Crippen LogP contribution in [0.15, 0.2) is 77.6 Å². The van der Waals surface area contributed by atoms with Crippen LogP contribution in [0.1, 0.15) is 52.7 Å². The Morgan fingerprint density at radius 2 is 1.66 bits per heavy atom. The summed E-state index contributed by atoms with van der Waals surface area (Å²) in [7, 11) is -2.46. The van der Waals surface area contributed by atoms with Crippen molar-refractivity contribution >= 4 is 8.53 Å². The maximum atomic E-state index is 13.8. The molecule has 1 saturated heterocycles. The van der Waals surface area contributed by atoms with Gasteiger partial charge in [0.1, 0.15) is 11.6 Å². The largest absolute Gasteiger partial charge is 0.416 e. The molecule has 1 fully saturated rings. The molecule has 17 heteroatoms. The molecule has 1 aromatic heterocycles. The zero-order valence-electron chi connectivity index (χ0n) is 24.5. The lowest BCUT2D eigenvalue weighted by atomic mass is 10.0. The predicted octanol–water partition coefficient (Wildman–Crippen LogP) is 6.71. The second-order valence-electron chi connectivity index (χ2n) is 10.6. The number of hydrogen-bond acceptors (Lipinski definition) is 7. The fourth-order valence-corrected chi connectivity index (χ4v) is 5.76. The van der Waals surface area contributed by atoms with Crippen LogP contribution in [0.3, 0.4) is 0 Å². The number of morpholine rings is 1. The molecule has 2 heterocycles. The summed E-state index contributed by atoms with van der Waals surface area (Å²) in [6.45, 7) is 1.47. The van der Waals surface area contributed by atoms with Crippen LogP contribution in [-0.2, 0) is 39.5 Å². The monoisotopic (exact) mass is 688 g/mol. The van der Waals surface area contributed by atoms with E-state index in [1.807, 2.05) is 6.07 Å². The summed E-state index contributed by atoms with van der Waals surface area (Å²) in [5, 5.41) is 4.16. The molecule has 2 N–H and O–H groups in total. The van der Waals surface area contributed by atoms with Gasteiger partial charge in [-0.1, -0.05) is 42.5 Å². The summed E-state index contributed by atoms with van der Waals surface area (Å²) in [5.41, 5.74) is -2.92. The molecule has 3 aromatic carbocycles. The van der Waals surface area contributed by atoms with E-state index < -0.39 is 61.9 Å². The van der Waals surface area contributed by atoms with Crippen LogP contribution in [0.2, 0.25) is 0 Å². The van der Waals surface area contributed by atoms with Crippen molar-refractivity contribution in [2.24, 2.45) is 0 Å². The molecule has 0 radical (unpaired) electrons. The Hall–Kier alpha value is -3.66. The Kier molecular flexibility index (Phi) is 10.5. The number of nitrogens with zero attached hydrogens (tertiary/aromatic N) is 3. The average Bonchev–Trinajstić information content (AvgIpc) is 3.39. The molecule has 1 aliphatic heterocycles. The van der Waals surface area contributed by atoms with E-state index in [-0.39, 0.29) is 43.8 Å². The van der Waals surface area contributed by atoms with Gasteiger partial charge in [-0.25, -0.2) is 9.18 Å². The summed E-state index contributed by atoms with van der Waals surface area (Å²) in [4.78, 5) is 27.4. The zero-order valence-corrected chi connectivity index (χ0v) is 25.4. The molecule has 0 aliphatic carbocycles. The van der Waals surface area contributed by atoms with Crippen molar-refractivity contribution in [1.82, 2.24) is 19.4 Å². The van der Waals surface area contributed by atoms with E-state index >= 15 is 0 Å². The number of nitrogens with one attached hydrogen (secondary N) is 1. The number of H-pyrrole nitrogens is 1. The molecule has 252 valence electrons. The number of alkyl halides is 6. The maximum absolute atomic E-state index is 13.8. The lowest BCUT2D eigenvalue weighted by molar-refractivity contribution is -0.231. The third-order valence-electron chi connectivity index (χ3n) is 7.29. The molecule has 0 amide bonds. The van der Waals surface area contributed by atoms with Gasteiger partial charge in [0.05, 0.1) is 43.0 Å². The van der Waals surface area contributed by atoms with Crippen LogP contribution < -0.4 is 5.69 Å². The van der Waals surface area contributed by atoms with Crippen molar-refractivity contribution in [2.75, 3.05) is 13.2 Å². The van der Waals surface area contributed by atoms with Crippen molar-refractivity contribution in [1.29, 1.82) is 0 Å². The summed E-state index contributed by atoms with van der Waals surface area (Å²) in [6.07, 6.45) is -12.7. The van der Waals surface area contributed by atoms with Crippen molar-refractivity contribution in [3.8, 4) is 0 Å². The molecule has 0 saturated carbocycles. The van der Waals surface area contributed by atoms with Crippen LogP contribution >= 0.6 is 8.53 Å². The molecule has 4 atom stereocenters. The van der Waals surface area contributed by atoms with E-state index in [0.717, 1.165) is 10.0 Å². The van der Waals surface area contributed by atoms with Crippen LogP contribution in [0.25, 0.3) is 0 Å². The van der Waals surface area contributed by atoms with E-state index in [9.17, 15) is 40.4 Å². The molecule has 9 nitrogen and oxygen atoms in total. The van der Waals surface area contributed by atoms with E-state index in [1.54, 1.807) is 29.2 Å².